The van der Waals surface area contributed by atoms with E-state index in [0.717, 1.165) is 30.4 Å². The van der Waals surface area contributed by atoms with Crippen molar-refractivity contribution in [1.29, 1.82) is 0 Å². The van der Waals surface area contributed by atoms with Crippen LogP contribution in [0.3, 0.4) is 0 Å². The molecule has 1 fully saturated rings. The van der Waals surface area contributed by atoms with Crippen LogP contribution in [0.5, 0.6) is 0 Å². The van der Waals surface area contributed by atoms with Crippen LogP contribution >= 0.6 is 0 Å². The Morgan fingerprint density at radius 3 is 2.44 bits per heavy atom. The summed E-state index contributed by atoms with van der Waals surface area (Å²) in [6.07, 6.45) is 6.01. The minimum absolute atomic E-state index is 0.220. The molecule has 0 atom stereocenters. The fourth-order valence-electron chi connectivity index (χ4n) is 3.06. The van der Waals surface area contributed by atoms with Gasteiger partial charge in [0.15, 0.2) is 0 Å². The Balaban J connectivity index is 1.77. The first-order chi connectivity index (χ1) is 13.0. The predicted molar refractivity (Wildman–Crippen MR) is 108 cm³/mol. The van der Waals surface area contributed by atoms with Gasteiger partial charge in [0.25, 0.3) is 0 Å². The van der Waals surface area contributed by atoms with Crippen LogP contribution in [0.1, 0.15) is 30.4 Å². The molecule has 1 saturated heterocycles. The summed E-state index contributed by atoms with van der Waals surface area (Å²) in [6.45, 7) is 2.95. The van der Waals surface area contributed by atoms with Gasteiger partial charge in [0, 0.05) is 24.9 Å². The Hall–Kier alpha value is -2.44. The Labute approximate surface area is 160 Å². The fourth-order valence-corrected chi connectivity index (χ4v) is 4.60. The monoisotopic (exact) mass is 384 g/mol. The number of benzene rings is 2. The van der Waals surface area contributed by atoms with Gasteiger partial charge in [0.1, 0.15) is 0 Å². The zero-order valence-electron chi connectivity index (χ0n) is 15.4. The number of hydrogen-bond donors (Lipinski definition) is 1. The Morgan fingerprint density at radius 2 is 1.74 bits per heavy atom. The number of anilines is 1. The standard InChI is InChI=1S/C21H24N2O3S/c1-17-10-12-19(27(25,26)23-14-6-3-7-15-23)16-20(17)22-21(24)13-11-18-8-4-2-5-9-18/h2,4-5,8-13,16H,3,6-7,14-15H2,1H3,(H,22,24)/b13-11+. The van der Waals surface area contributed by atoms with Gasteiger partial charge in [-0.15, -0.1) is 0 Å². The highest BCUT2D eigenvalue weighted by atomic mass is 32.2. The van der Waals surface area contributed by atoms with Gasteiger partial charge in [-0.05, 0) is 49.1 Å². The summed E-state index contributed by atoms with van der Waals surface area (Å²) in [6, 6.07) is 14.4. The van der Waals surface area contributed by atoms with E-state index in [1.54, 1.807) is 24.3 Å². The molecule has 2 aromatic rings. The van der Waals surface area contributed by atoms with Crippen molar-refractivity contribution in [3.05, 3.63) is 65.7 Å². The zero-order valence-corrected chi connectivity index (χ0v) is 16.2. The molecule has 0 radical (unpaired) electrons. The number of nitrogens with zero attached hydrogens (tertiary/aromatic N) is 1. The molecule has 1 amide bonds. The number of hydrogen-bond acceptors (Lipinski definition) is 3. The minimum atomic E-state index is -3.53. The third-order valence-corrected chi connectivity index (χ3v) is 6.54. The van der Waals surface area contributed by atoms with E-state index >= 15 is 0 Å². The van der Waals surface area contributed by atoms with Crippen LogP contribution in [0, 0.1) is 6.92 Å². The number of carbonyl (C=O) groups is 1. The summed E-state index contributed by atoms with van der Waals surface area (Å²) in [5, 5.41) is 2.79. The van der Waals surface area contributed by atoms with E-state index in [-0.39, 0.29) is 10.8 Å². The second-order valence-corrected chi connectivity index (χ2v) is 8.61. The van der Waals surface area contributed by atoms with Crippen LogP contribution in [-0.4, -0.2) is 31.7 Å². The number of amides is 1. The lowest BCUT2D eigenvalue weighted by Gasteiger charge is -2.26. The van der Waals surface area contributed by atoms with Crippen molar-refractivity contribution in [2.75, 3.05) is 18.4 Å². The zero-order chi connectivity index (χ0) is 19.3. The lowest BCUT2D eigenvalue weighted by Crippen LogP contribution is -2.35. The van der Waals surface area contributed by atoms with Crippen LogP contribution in [0.4, 0.5) is 5.69 Å². The topological polar surface area (TPSA) is 66.5 Å². The Kier molecular flexibility index (Phi) is 6.08. The number of aryl methyl sites for hydroxylation is 1. The van der Waals surface area contributed by atoms with Gasteiger partial charge in [0.2, 0.25) is 15.9 Å². The van der Waals surface area contributed by atoms with Crippen molar-refractivity contribution >= 4 is 27.7 Å². The minimum Gasteiger partial charge on any atom is -0.322 e. The average Bonchev–Trinajstić information content (AvgIpc) is 2.69. The molecule has 5 nitrogen and oxygen atoms in total. The number of piperidine rings is 1. The first kappa shape index (κ1) is 19.3. The van der Waals surface area contributed by atoms with Crippen LogP contribution < -0.4 is 5.32 Å². The van der Waals surface area contributed by atoms with Gasteiger partial charge < -0.3 is 5.32 Å². The molecule has 1 heterocycles. The predicted octanol–water partition coefficient (Wildman–Crippen LogP) is 3.82. The molecule has 6 heteroatoms. The molecule has 0 aromatic heterocycles. The van der Waals surface area contributed by atoms with E-state index in [9.17, 15) is 13.2 Å². The molecule has 0 aliphatic carbocycles. The van der Waals surface area contributed by atoms with E-state index in [1.807, 2.05) is 37.3 Å². The third-order valence-electron chi connectivity index (χ3n) is 4.65. The van der Waals surface area contributed by atoms with Crippen molar-refractivity contribution in [3.63, 3.8) is 0 Å². The van der Waals surface area contributed by atoms with E-state index in [4.69, 9.17) is 0 Å². The molecule has 2 aromatic carbocycles. The van der Waals surface area contributed by atoms with Crippen LogP contribution in [-0.2, 0) is 14.8 Å². The highest BCUT2D eigenvalue weighted by molar-refractivity contribution is 7.89. The molecule has 0 saturated carbocycles. The van der Waals surface area contributed by atoms with Crippen LogP contribution in [0.2, 0.25) is 0 Å². The molecule has 0 spiro atoms. The van der Waals surface area contributed by atoms with Gasteiger partial charge in [-0.25, -0.2) is 8.42 Å². The van der Waals surface area contributed by atoms with Gasteiger partial charge in [-0.3, -0.25) is 4.79 Å². The van der Waals surface area contributed by atoms with E-state index in [0.29, 0.717) is 18.8 Å². The molecule has 1 N–H and O–H groups in total. The number of nitrogens with one attached hydrogen (secondary N) is 1. The largest absolute Gasteiger partial charge is 0.322 e. The molecule has 142 valence electrons. The molecule has 0 unspecified atom stereocenters. The van der Waals surface area contributed by atoms with Crippen molar-refractivity contribution in [1.82, 2.24) is 4.31 Å². The maximum atomic E-state index is 12.8. The number of sulfonamides is 1. The first-order valence-electron chi connectivity index (χ1n) is 9.12. The lowest BCUT2D eigenvalue weighted by molar-refractivity contribution is -0.111. The second kappa shape index (κ2) is 8.50. The molecule has 1 aliphatic heterocycles. The first-order valence-corrected chi connectivity index (χ1v) is 10.6. The summed E-state index contributed by atoms with van der Waals surface area (Å²) in [4.78, 5) is 12.5. The maximum absolute atomic E-state index is 12.8. The second-order valence-electron chi connectivity index (χ2n) is 6.67. The molecule has 0 bridgehead atoms. The van der Waals surface area contributed by atoms with Crippen molar-refractivity contribution < 1.29 is 13.2 Å². The lowest BCUT2D eigenvalue weighted by atomic mass is 10.2. The van der Waals surface area contributed by atoms with Crippen LogP contribution in [0.25, 0.3) is 6.08 Å². The van der Waals surface area contributed by atoms with Crippen LogP contribution in [0.15, 0.2) is 59.5 Å². The van der Waals surface area contributed by atoms with Gasteiger partial charge >= 0.3 is 0 Å². The molecular weight excluding hydrogens is 360 g/mol. The number of rotatable bonds is 5. The molecular formula is C21H24N2O3S. The third kappa shape index (κ3) is 4.84. The normalized spacial score (nSPS) is 15.7. The SMILES string of the molecule is Cc1ccc(S(=O)(=O)N2CCCCC2)cc1NC(=O)/C=C/c1ccccc1. The average molecular weight is 385 g/mol. The maximum Gasteiger partial charge on any atom is 0.248 e. The van der Waals surface area contributed by atoms with Gasteiger partial charge in [-0.1, -0.05) is 42.8 Å². The molecule has 27 heavy (non-hydrogen) atoms. The summed E-state index contributed by atoms with van der Waals surface area (Å²) >= 11 is 0. The van der Waals surface area contributed by atoms with Crippen molar-refractivity contribution in [2.45, 2.75) is 31.1 Å². The van der Waals surface area contributed by atoms with Crippen molar-refractivity contribution in [2.24, 2.45) is 0 Å². The quantitative estimate of drug-likeness (QED) is 0.797. The van der Waals surface area contributed by atoms with E-state index in [2.05, 4.69) is 5.32 Å². The van der Waals surface area contributed by atoms with E-state index in [1.165, 1.54) is 10.4 Å². The van der Waals surface area contributed by atoms with Crippen molar-refractivity contribution in [3.8, 4) is 0 Å². The Bertz CT molecular complexity index is 931. The summed E-state index contributed by atoms with van der Waals surface area (Å²) in [5.74, 6) is -0.297. The fraction of sp³-hybridized carbons (Fsp3) is 0.286. The molecule has 1 aliphatic rings. The highest BCUT2D eigenvalue weighted by Gasteiger charge is 2.26. The summed E-state index contributed by atoms with van der Waals surface area (Å²) < 4.78 is 27.2. The smallest absolute Gasteiger partial charge is 0.248 e. The number of carbonyl (C=O) groups excluding carboxylic acids is 1. The Morgan fingerprint density at radius 1 is 1.04 bits per heavy atom. The van der Waals surface area contributed by atoms with Gasteiger partial charge in [0.05, 0.1) is 4.90 Å². The van der Waals surface area contributed by atoms with E-state index < -0.39 is 10.0 Å². The summed E-state index contributed by atoms with van der Waals surface area (Å²) in [5.41, 5.74) is 2.25. The van der Waals surface area contributed by atoms with Gasteiger partial charge in [-0.2, -0.15) is 4.31 Å². The highest BCUT2D eigenvalue weighted by Crippen LogP contribution is 2.25. The molecule has 3 rings (SSSR count). The summed E-state index contributed by atoms with van der Waals surface area (Å²) in [7, 11) is -3.53.